The van der Waals surface area contributed by atoms with Gasteiger partial charge in [0.1, 0.15) is 7.85 Å². The second kappa shape index (κ2) is 3.26. The van der Waals surface area contributed by atoms with Gasteiger partial charge in [-0.05, 0) is 12.1 Å². The maximum Gasteiger partial charge on any atom is 0.266 e. The molecule has 14 heavy (non-hydrogen) atoms. The summed E-state index contributed by atoms with van der Waals surface area (Å²) in [5.74, 6) is -2.54. The topological polar surface area (TPSA) is 3.24 Å². The first kappa shape index (κ1) is 9.50. The summed E-state index contributed by atoms with van der Waals surface area (Å²) in [4.78, 5) is 1.68. The third-order valence-corrected chi connectivity index (χ3v) is 2.43. The fourth-order valence-corrected chi connectivity index (χ4v) is 1.64. The number of benzene rings is 1. The minimum absolute atomic E-state index is 0.0582. The fraction of sp³-hybridized carbons (Fsp3) is 0.400. The fourth-order valence-electron chi connectivity index (χ4n) is 1.64. The number of hydrogen-bond acceptors (Lipinski definition) is 1. The molecule has 1 heterocycles. The Hall–Kier alpha value is -1.06. The van der Waals surface area contributed by atoms with Gasteiger partial charge in [-0.25, -0.2) is 8.78 Å². The molecular formula is C10H10BF2N. The molecule has 2 rings (SSSR count). The van der Waals surface area contributed by atoms with Gasteiger partial charge in [0.05, 0.1) is 6.54 Å². The Morgan fingerprint density at radius 2 is 1.86 bits per heavy atom. The largest absolute Gasteiger partial charge is 0.365 e. The molecule has 0 N–H and O–H groups in total. The molecule has 0 saturated carbocycles. The predicted molar refractivity (Wildman–Crippen MR) is 53.6 cm³/mol. The number of nitrogens with zero attached hydrogens (tertiary/aromatic N) is 1. The van der Waals surface area contributed by atoms with Crippen LogP contribution in [0.1, 0.15) is 6.42 Å². The van der Waals surface area contributed by atoms with Crippen LogP contribution in [0.4, 0.5) is 14.5 Å². The van der Waals surface area contributed by atoms with E-state index in [1.807, 2.05) is 0 Å². The van der Waals surface area contributed by atoms with Gasteiger partial charge >= 0.3 is 0 Å². The lowest BCUT2D eigenvalue weighted by atomic mass is 9.96. The molecule has 0 aromatic heterocycles. The number of halogens is 2. The molecule has 0 aliphatic carbocycles. The van der Waals surface area contributed by atoms with Gasteiger partial charge in [-0.3, -0.25) is 0 Å². The summed E-state index contributed by atoms with van der Waals surface area (Å²) >= 11 is 0. The van der Waals surface area contributed by atoms with E-state index >= 15 is 0 Å². The van der Waals surface area contributed by atoms with Gasteiger partial charge in [0.2, 0.25) is 0 Å². The van der Waals surface area contributed by atoms with E-state index in [9.17, 15) is 8.78 Å². The summed E-state index contributed by atoms with van der Waals surface area (Å²) in [5, 5.41) is 0. The Bertz CT molecular complexity index is 323. The normalized spacial score (nSPS) is 20.0. The van der Waals surface area contributed by atoms with Gasteiger partial charge in [0.25, 0.3) is 5.92 Å². The Labute approximate surface area is 83.1 Å². The van der Waals surface area contributed by atoms with Crippen LogP contribution >= 0.6 is 0 Å². The van der Waals surface area contributed by atoms with Crippen LogP contribution in [0.25, 0.3) is 0 Å². The molecular weight excluding hydrogens is 183 g/mol. The minimum Gasteiger partial charge on any atom is -0.365 e. The van der Waals surface area contributed by atoms with Gasteiger partial charge < -0.3 is 4.90 Å². The summed E-state index contributed by atoms with van der Waals surface area (Å²) in [6.45, 7) is 0.230. The van der Waals surface area contributed by atoms with E-state index in [4.69, 9.17) is 7.85 Å². The van der Waals surface area contributed by atoms with Crippen LogP contribution in [-0.2, 0) is 0 Å². The maximum absolute atomic E-state index is 12.9. The molecule has 1 aromatic rings. The zero-order valence-corrected chi connectivity index (χ0v) is 7.71. The molecule has 0 amide bonds. The lowest BCUT2D eigenvalue weighted by Crippen LogP contribution is -2.25. The zero-order chi connectivity index (χ0) is 10.2. The van der Waals surface area contributed by atoms with Crippen LogP contribution in [0, 0.1) is 0 Å². The monoisotopic (exact) mass is 193 g/mol. The summed E-state index contributed by atoms with van der Waals surface area (Å²) in [5.41, 5.74) is 1.47. The quantitative estimate of drug-likeness (QED) is 0.608. The summed E-state index contributed by atoms with van der Waals surface area (Å²) in [7, 11) is 5.51. The molecule has 1 aromatic carbocycles. The van der Waals surface area contributed by atoms with Crippen molar-refractivity contribution in [1.82, 2.24) is 0 Å². The molecule has 2 radical (unpaired) electrons. The Morgan fingerprint density at radius 1 is 1.21 bits per heavy atom. The van der Waals surface area contributed by atoms with Crippen LogP contribution in [0.5, 0.6) is 0 Å². The van der Waals surface area contributed by atoms with Crippen molar-refractivity contribution in [3.8, 4) is 0 Å². The average Bonchev–Trinajstić information content (AvgIpc) is 2.47. The van der Waals surface area contributed by atoms with Crippen molar-refractivity contribution in [2.45, 2.75) is 12.3 Å². The number of hydrogen-bond donors (Lipinski definition) is 0. The standard InChI is InChI=1S/C10H10BF2N/c11-8-1-3-9(4-2-8)14-6-5-10(12,13)7-14/h1-4H,5-7H2. The SMILES string of the molecule is [B]c1ccc(N2CCC(F)(F)C2)cc1. The molecule has 1 fully saturated rings. The first-order valence-corrected chi connectivity index (χ1v) is 4.55. The highest BCUT2D eigenvalue weighted by atomic mass is 19.3. The molecule has 72 valence electrons. The third-order valence-electron chi connectivity index (χ3n) is 2.43. The van der Waals surface area contributed by atoms with Gasteiger partial charge in [0.15, 0.2) is 0 Å². The van der Waals surface area contributed by atoms with E-state index in [0.717, 1.165) is 5.69 Å². The molecule has 0 bridgehead atoms. The van der Waals surface area contributed by atoms with Crippen molar-refractivity contribution in [1.29, 1.82) is 0 Å². The molecule has 4 heteroatoms. The summed E-state index contributed by atoms with van der Waals surface area (Å²) < 4.78 is 25.8. The van der Waals surface area contributed by atoms with Crippen molar-refractivity contribution in [2.75, 3.05) is 18.0 Å². The molecule has 1 aliphatic rings. The van der Waals surface area contributed by atoms with Crippen LogP contribution < -0.4 is 10.4 Å². The first-order valence-electron chi connectivity index (χ1n) is 4.55. The van der Waals surface area contributed by atoms with Gasteiger partial charge in [0, 0.05) is 18.7 Å². The minimum atomic E-state index is -2.54. The van der Waals surface area contributed by atoms with Crippen molar-refractivity contribution in [2.24, 2.45) is 0 Å². The molecule has 1 saturated heterocycles. The number of alkyl halides is 2. The van der Waals surface area contributed by atoms with E-state index in [2.05, 4.69) is 0 Å². The lowest BCUT2D eigenvalue weighted by molar-refractivity contribution is 0.0257. The number of rotatable bonds is 1. The first-order chi connectivity index (χ1) is 6.57. The van der Waals surface area contributed by atoms with Gasteiger partial charge in [-0.1, -0.05) is 17.6 Å². The van der Waals surface area contributed by atoms with E-state index < -0.39 is 5.92 Å². The average molecular weight is 193 g/mol. The summed E-state index contributed by atoms with van der Waals surface area (Å²) in [6, 6.07) is 7.01. The van der Waals surface area contributed by atoms with E-state index in [-0.39, 0.29) is 13.0 Å². The van der Waals surface area contributed by atoms with E-state index in [0.29, 0.717) is 12.0 Å². The summed E-state index contributed by atoms with van der Waals surface area (Å²) in [6.07, 6.45) is -0.0582. The molecule has 1 aliphatic heterocycles. The number of anilines is 1. The maximum atomic E-state index is 12.9. The van der Waals surface area contributed by atoms with Crippen LogP contribution in [0.2, 0.25) is 0 Å². The molecule has 0 unspecified atom stereocenters. The van der Waals surface area contributed by atoms with Crippen LogP contribution in [0.15, 0.2) is 24.3 Å². The predicted octanol–water partition coefficient (Wildman–Crippen LogP) is 1.33. The van der Waals surface area contributed by atoms with Crippen LogP contribution in [0.3, 0.4) is 0 Å². The Kier molecular flexibility index (Phi) is 2.21. The van der Waals surface area contributed by atoms with Crippen molar-refractivity contribution in [3.05, 3.63) is 24.3 Å². The Morgan fingerprint density at radius 3 is 2.36 bits per heavy atom. The zero-order valence-electron chi connectivity index (χ0n) is 7.71. The highest BCUT2D eigenvalue weighted by Gasteiger charge is 2.38. The highest BCUT2D eigenvalue weighted by Crippen LogP contribution is 2.30. The van der Waals surface area contributed by atoms with Gasteiger partial charge in [-0.15, -0.1) is 0 Å². The third kappa shape index (κ3) is 1.89. The second-order valence-electron chi connectivity index (χ2n) is 3.62. The smallest absolute Gasteiger partial charge is 0.266 e. The van der Waals surface area contributed by atoms with E-state index in [1.54, 1.807) is 29.2 Å². The van der Waals surface area contributed by atoms with Crippen LogP contribution in [-0.4, -0.2) is 26.9 Å². The Balaban J connectivity index is 2.14. The molecule has 0 atom stereocenters. The molecule has 0 spiro atoms. The van der Waals surface area contributed by atoms with Gasteiger partial charge in [-0.2, -0.15) is 0 Å². The van der Waals surface area contributed by atoms with E-state index in [1.165, 1.54) is 0 Å². The van der Waals surface area contributed by atoms with Crippen molar-refractivity contribution in [3.63, 3.8) is 0 Å². The second-order valence-corrected chi connectivity index (χ2v) is 3.62. The lowest BCUT2D eigenvalue weighted by Gasteiger charge is -2.18. The van der Waals surface area contributed by atoms with Crippen molar-refractivity contribution >= 4 is 19.0 Å². The highest BCUT2D eigenvalue weighted by molar-refractivity contribution is 6.32. The molecule has 1 nitrogen and oxygen atoms in total. The van der Waals surface area contributed by atoms with Crippen molar-refractivity contribution < 1.29 is 8.78 Å².